The van der Waals surface area contributed by atoms with Crippen molar-refractivity contribution in [2.45, 2.75) is 11.8 Å². The average molecular weight is 315 g/mol. The van der Waals surface area contributed by atoms with E-state index < -0.39 is 0 Å². The zero-order valence-electron chi connectivity index (χ0n) is 10.3. The van der Waals surface area contributed by atoms with Crippen molar-refractivity contribution in [3.8, 4) is 6.07 Å². The molecule has 5 heteroatoms. The molecule has 0 aliphatic carbocycles. The van der Waals surface area contributed by atoms with Gasteiger partial charge in [-0.25, -0.2) is 4.39 Å². The van der Waals surface area contributed by atoms with E-state index in [1.54, 1.807) is 13.2 Å². The molecule has 0 atom stereocenters. The van der Waals surface area contributed by atoms with E-state index in [0.717, 1.165) is 11.3 Å². The Bertz CT molecular complexity index is 420. The van der Waals surface area contributed by atoms with Gasteiger partial charge in [-0.15, -0.1) is 0 Å². The number of nitrogens with zero attached hydrogens (tertiary/aromatic N) is 2. The molecule has 0 aliphatic heterocycles. The Hall–Kier alpha value is -1.12. The Labute approximate surface area is 115 Å². The first-order valence-electron chi connectivity index (χ1n) is 5.68. The fraction of sp³-hybridized carbons (Fsp3) is 0.462. The van der Waals surface area contributed by atoms with Crippen LogP contribution in [0.15, 0.2) is 18.2 Å². The Kier molecular flexibility index (Phi) is 6.69. The van der Waals surface area contributed by atoms with E-state index in [2.05, 4.69) is 22.0 Å². The first kappa shape index (κ1) is 14.9. The summed E-state index contributed by atoms with van der Waals surface area (Å²) in [4.78, 5) is 2.04. The molecule has 0 saturated heterocycles. The molecule has 0 heterocycles. The molecule has 1 aromatic rings. The van der Waals surface area contributed by atoms with Crippen molar-refractivity contribution in [2.24, 2.45) is 0 Å². The van der Waals surface area contributed by atoms with E-state index in [-0.39, 0.29) is 5.82 Å². The molecular weight excluding hydrogens is 299 g/mol. The van der Waals surface area contributed by atoms with Gasteiger partial charge in [-0.2, -0.15) is 5.26 Å². The van der Waals surface area contributed by atoms with Gasteiger partial charge in [0.1, 0.15) is 5.82 Å². The molecule has 1 rings (SSSR count). The molecule has 0 spiro atoms. The van der Waals surface area contributed by atoms with Crippen molar-refractivity contribution in [3.05, 3.63) is 29.6 Å². The fourth-order valence-corrected chi connectivity index (χ4v) is 2.16. The molecule has 18 heavy (non-hydrogen) atoms. The van der Waals surface area contributed by atoms with Crippen molar-refractivity contribution in [2.75, 3.05) is 31.7 Å². The summed E-state index contributed by atoms with van der Waals surface area (Å²) in [7, 11) is 1.64. The second-order valence-corrected chi connectivity index (χ2v) is 4.36. The highest BCUT2D eigenvalue weighted by Gasteiger charge is 2.11. The number of halogens is 2. The maximum Gasteiger partial charge on any atom is 0.123 e. The van der Waals surface area contributed by atoms with Gasteiger partial charge in [0, 0.05) is 31.2 Å². The Morgan fingerprint density at radius 3 is 2.83 bits per heavy atom. The number of rotatable bonds is 7. The normalized spacial score (nSPS) is 10.1. The number of ether oxygens (including phenoxy) is 1. The number of alkyl halides is 1. The van der Waals surface area contributed by atoms with Crippen LogP contribution in [0.5, 0.6) is 0 Å². The molecule has 0 saturated carbocycles. The van der Waals surface area contributed by atoms with Crippen molar-refractivity contribution in [3.63, 3.8) is 0 Å². The quantitative estimate of drug-likeness (QED) is 0.726. The van der Waals surface area contributed by atoms with E-state index in [9.17, 15) is 4.39 Å². The molecule has 0 unspecified atom stereocenters. The van der Waals surface area contributed by atoms with Crippen LogP contribution in [0.4, 0.5) is 10.1 Å². The number of hydrogen-bond acceptors (Lipinski definition) is 3. The SMILES string of the molecule is COCCN(CCC#N)c1ccc(F)cc1CBr. The third kappa shape index (κ3) is 4.28. The predicted octanol–water partition coefficient (Wildman–Crippen LogP) is 3.09. The summed E-state index contributed by atoms with van der Waals surface area (Å²) in [5.41, 5.74) is 1.82. The average Bonchev–Trinajstić information content (AvgIpc) is 2.39. The summed E-state index contributed by atoms with van der Waals surface area (Å²) in [6.45, 7) is 1.87. The lowest BCUT2D eigenvalue weighted by Gasteiger charge is -2.25. The van der Waals surface area contributed by atoms with Gasteiger partial charge in [-0.05, 0) is 23.8 Å². The van der Waals surface area contributed by atoms with E-state index in [0.29, 0.717) is 31.4 Å². The van der Waals surface area contributed by atoms with Crippen molar-refractivity contribution >= 4 is 21.6 Å². The molecule has 0 radical (unpaired) electrons. The minimum Gasteiger partial charge on any atom is -0.383 e. The number of benzene rings is 1. The van der Waals surface area contributed by atoms with Gasteiger partial charge in [0.05, 0.1) is 19.1 Å². The first-order chi connectivity index (χ1) is 8.72. The lowest BCUT2D eigenvalue weighted by atomic mass is 10.1. The van der Waals surface area contributed by atoms with Crippen LogP contribution < -0.4 is 4.90 Å². The lowest BCUT2D eigenvalue weighted by molar-refractivity contribution is 0.205. The van der Waals surface area contributed by atoms with Crippen LogP contribution in [0.2, 0.25) is 0 Å². The second kappa shape index (κ2) is 8.06. The molecule has 98 valence electrons. The van der Waals surface area contributed by atoms with Crippen LogP contribution in [0, 0.1) is 17.1 Å². The summed E-state index contributed by atoms with van der Waals surface area (Å²) in [6.07, 6.45) is 0.433. The summed E-state index contributed by atoms with van der Waals surface area (Å²) in [5, 5.41) is 9.26. The molecule has 0 N–H and O–H groups in total. The maximum atomic E-state index is 13.2. The fourth-order valence-electron chi connectivity index (χ4n) is 1.71. The standard InChI is InChI=1S/C13H16BrFN2O/c1-18-8-7-17(6-2-5-16)13-4-3-12(15)9-11(13)10-14/h3-4,9H,2,6-8,10H2,1H3. The predicted molar refractivity (Wildman–Crippen MR) is 73.4 cm³/mol. The summed E-state index contributed by atoms with van der Waals surface area (Å²) < 4.78 is 18.2. The minimum absolute atomic E-state index is 0.250. The van der Waals surface area contributed by atoms with Gasteiger partial charge < -0.3 is 9.64 Å². The molecular formula is C13H16BrFN2O. The summed E-state index contributed by atoms with van der Waals surface area (Å²) in [6, 6.07) is 6.82. The molecule has 0 amide bonds. The summed E-state index contributed by atoms with van der Waals surface area (Å²) in [5.74, 6) is -0.250. The molecule has 1 aromatic carbocycles. The molecule has 0 aliphatic rings. The topological polar surface area (TPSA) is 36.3 Å². The number of nitriles is 1. The second-order valence-electron chi connectivity index (χ2n) is 3.79. The number of anilines is 1. The van der Waals surface area contributed by atoms with E-state index >= 15 is 0 Å². The molecule has 0 aromatic heterocycles. The van der Waals surface area contributed by atoms with E-state index in [1.165, 1.54) is 12.1 Å². The third-order valence-electron chi connectivity index (χ3n) is 2.59. The Balaban J connectivity index is 2.92. The smallest absolute Gasteiger partial charge is 0.123 e. The van der Waals surface area contributed by atoms with Crippen LogP contribution in [0.3, 0.4) is 0 Å². The van der Waals surface area contributed by atoms with Gasteiger partial charge in [0.15, 0.2) is 0 Å². The number of methoxy groups -OCH3 is 1. The van der Waals surface area contributed by atoms with Gasteiger partial charge >= 0.3 is 0 Å². The molecule has 0 fully saturated rings. The highest BCUT2D eigenvalue weighted by Crippen LogP contribution is 2.24. The zero-order valence-corrected chi connectivity index (χ0v) is 11.9. The van der Waals surface area contributed by atoms with Gasteiger partial charge in [0.2, 0.25) is 0 Å². The minimum atomic E-state index is -0.250. The third-order valence-corrected chi connectivity index (χ3v) is 3.19. The van der Waals surface area contributed by atoms with Crippen LogP contribution in [0.25, 0.3) is 0 Å². The van der Waals surface area contributed by atoms with E-state index in [4.69, 9.17) is 10.00 Å². The van der Waals surface area contributed by atoms with Crippen LogP contribution in [0.1, 0.15) is 12.0 Å². The van der Waals surface area contributed by atoms with Gasteiger partial charge in [-0.1, -0.05) is 15.9 Å². The lowest BCUT2D eigenvalue weighted by Crippen LogP contribution is -2.29. The largest absolute Gasteiger partial charge is 0.383 e. The van der Waals surface area contributed by atoms with Crippen LogP contribution in [-0.2, 0) is 10.1 Å². The maximum absolute atomic E-state index is 13.2. The number of hydrogen-bond donors (Lipinski definition) is 0. The summed E-state index contributed by atoms with van der Waals surface area (Å²) >= 11 is 3.36. The molecule has 0 bridgehead atoms. The Morgan fingerprint density at radius 2 is 2.22 bits per heavy atom. The van der Waals surface area contributed by atoms with Gasteiger partial charge in [-0.3, -0.25) is 0 Å². The molecule has 3 nitrogen and oxygen atoms in total. The highest BCUT2D eigenvalue weighted by molar-refractivity contribution is 9.08. The highest BCUT2D eigenvalue weighted by atomic mass is 79.9. The van der Waals surface area contributed by atoms with Crippen LogP contribution in [-0.4, -0.2) is 26.8 Å². The van der Waals surface area contributed by atoms with E-state index in [1.807, 2.05) is 4.90 Å². The van der Waals surface area contributed by atoms with Gasteiger partial charge in [0.25, 0.3) is 0 Å². The van der Waals surface area contributed by atoms with Crippen LogP contribution >= 0.6 is 15.9 Å². The Morgan fingerprint density at radius 1 is 1.44 bits per heavy atom. The zero-order chi connectivity index (χ0) is 13.4. The van der Waals surface area contributed by atoms with Crippen molar-refractivity contribution in [1.82, 2.24) is 0 Å². The van der Waals surface area contributed by atoms with Crippen molar-refractivity contribution in [1.29, 1.82) is 5.26 Å². The monoisotopic (exact) mass is 314 g/mol. The van der Waals surface area contributed by atoms with Crippen molar-refractivity contribution < 1.29 is 9.13 Å². The first-order valence-corrected chi connectivity index (χ1v) is 6.80.